The molecule has 4 atom stereocenters. The van der Waals surface area contributed by atoms with Crippen molar-refractivity contribution in [3.63, 3.8) is 0 Å². The molecule has 0 amide bonds. The summed E-state index contributed by atoms with van der Waals surface area (Å²) in [7, 11) is 0. The number of hydrogen-bond donors (Lipinski definition) is 0. The Hall–Kier alpha value is -0.590. The minimum absolute atomic E-state index is 0.250. The number of allylic oxidation sites excluding steroid dienone is 2. The van der Waals surface area contributed by atoms with Gasteiger partial charge in [-0.1, -0.05) is 39.3 Å². The molecule has 0 saturated heterocycles. The van der Waals surface area contributed by atoms with E-state index in [0.29, 0.717) is 29.0 Å². The van der Waals surface area contributed by atoms with Crippen molar-refractivity contribution in [3.05, 3.63) is 11.6 Å². The molecule has 0 bridgehead atoms. The Morgan fingerprint density at radius 3 is 2.59 bits per heavy atom. The van der Waals surface area contributed by atoms with Crippen LogP contribution in [0.5, 0.6) is 0 Å². The minimum atomic E-state index is 0.250. The van der Waals surface area contributed by atoms with Gasteiger partial charge in [0.05, 0.1) is 0 Å². The maximum absolute atomic E-state index is 12.1. The zero-order chi connectivity index (χ0) is 12.8. The number of hydrogen-bond acceptors (Lipinski definition) is 1. The molecule has 0 aromatic carbocycles. The van der Waals surface area contributed by atoms with Crippen molar-refractivity contribution < 1.29 is 4.79 Å². The lowest BCUT2D eigenvalue weighted by Gasteiger charge is -2.49. The lowest BCUT2D eigenvalue weighted by molar-refractivity contribution is -0.127. The number of ketones is 1. The fourth-order valence-electron chi connectivity index (χ4n) is 4.19. The summed E-state index contributed by atoms with van der Waals surface area (Å²) in [6.45, 7) is 11.0. The Kier molecular flexibility index (Phi) is 3.22. The smallest absolute Gasteiger partial charge is 0.133 e. The highest BCUT2D eigenvalue weighted by Gasteiger charge is 2.47. The fraction of sp³-hybridized carbons (Fsp3) is 0.812. The molecule has 1 fully saturated rings. The molecule has 0 radical (unpaired) electrons. The highest BCUT2D eigenvalue weighted by molar-refractivity contribution is 5.80. The summed E-state index contributed by atoms with van der Waals surface area (Å²) in [6.07, 6.45) is 6.24. The number of Topliss-reactive ketones (excluding diaryl/α,β-unsaturated/α-hetero) is 1. The summed E-state index contributed by atoms with van der Waals surface area (Å²) in [5.41, 5.74) is 1.88. The number of carbonyl (C=O) groups is 1. The van der Waals surface area contributed by atoms with Crippen LogP contribution in [0.2, 0.25) is 0 Å². The van der Waals surface area contributed by atoms with Crippen molar-refractivity contribution in [2.24, 2.45) is 29.1 Å². The standard InChI is InChI=1S/C16H26O/c1-10-9-13-7-6-8-16(4,5)15(13)14(11(10)2)12(3)17/h9-11,14-15H,6-8H2,1-5H3. The molecule has 0 heterocycles. The second-order valence-corrected chi connectivity index (χ2v) is 6.92. The molecule has 96 valence electrons. The van der Waals surface area contributed by atoms with Gasteiger partial charge in [0, 0.05) is 5.92 Å². The van der Waals surface area contributed by atoms with E-state index in [0.717, 1.165) is 0 Å². The second kappa shape index (κ2) is 4.26. The molecule has 1 heteroatoms. The van der Waals surface area contributed by atoms with Crippen molar-refractivity contribution in [1.29, 1.82) is 0 Å². The van der Waals surface area contributed by atoms with E-state index in [2.05, 4.69) is 33.8 Å². The van der Waals surface area contributed by atoms with Gasteiger partial charge in [-0.05, 0) is 49.4 Å². The molecule has 0 aromatic heterocycles. The van der Waals surface area contributed by atoms with E-state index in [9.17, 15) is 4.79 Å². The first-order valence-corrected chi connectivity index (χ1v) is 7.05. The third-order valence-corrected chi connectivity index (χ3v) is 5.23. The molecular weight excluding hydrogens is 208 g/mol. The van der Waals surface area contributed by atoms with Gasteiger partial charge < -0.3 is 0 Å². The van der Waals surface area contributed by atoms with Crippen LogP contribution in [0.1, 0.15) is 53.9 Å². The average molecular weight is 234 g/mol. The quantitative estimate of drug-likeness (QED) is 0.620. The van der Waals surface area contributed by atoms with Gasteiger partial charge >= 0.3 is 0 Å². The molecule has 0 aliphatic heterocycles. The molecule has 17 heavy (non-hydrogen) atoms. The van der Waals surface area contributed by atoms with E-state index in [4.69, 9.17) is 0 Å². The maximum atomic E-state index is 12.1. The van der Waals surface area contributed by atoms with Crippen LogP contribution in [0.3, 0.4) is 0 Å². The molecule has 2 aliphatic rings. The van der Waals surface area contributed by atoms with Crippen LogP contribution in [-0.4, -0.2) is 5.78 Å². The molecule has 2 rings (SSSR count). The van der Waals surface area contributed by atoms with E-state index in [1.54, 1.807) is 12.5 Å². The molecule has 0 spiro atoms. The molecule has 1 nitrogen and oxygen atoms in total. The minimum Gasteiger partial charge on any atom is -0.300 e. The van der Waals surface area contributed by atoms with Gasteiger partial charge in [0.25, 0.3) is 0 Å². The Balaban J connectivity index is 2.44. The Labute approximate surface area is 106 Å². The highest BCUT2D eigenvalue weighted by atomic mass is 16.1. The van der Waals surface area contributed by atoms with Crippen LogP contribution < -0.4 is 0 Å². The summed E-state index contributed by atoms with van der Waals surface area (Å²) in [6, 6.07) is 0. The zero-order valence-corrected chi connectivity index (χ0v) is 11.9. The van der Waals surface area contributed by atoms with E-state index in [1.807, 2.05) is 0 Å². The van der Waals surface area contributed by atoms with Crippen molar-refractivity contribution >= 4 is 5.78 Å². The van der Waals surface area contributed by atoms with Gasteiger partial charge in [-0.2, -0.15) is 0 Å². The molecule has 0 aromatic rings. The first kappa shape index (κ1) is 12.9. The van der Waals surface area contributed by atoms with Crippen LogP contribution in [-0.2, 0) is 4.79 Å². The maximum Gasteiger partial charge on any atom is 0.133 e. The Morgan fingerprint density at radius 1 is 1.35 bits per heavy atom. The Bertz CT molecular complexity index is 351. The summed E-state index contributed by atoms with van der Waals surface area (Å²) in [4.78, 5) is 12.1. The SMILES string of the molecule is CC(=O)C1C(C)C(C)C=C2CCCC(C)(C)C21. The number of carbonyl (C=O) groups excluding carboxylic acids is 1. The largest absolute Gasteiger partial charge is 0.300 e. The topological polar surface area (TPSA) is 17.1 Å². The predicted molar refractivity (Wildman–Crippen MR) is 71.7 cm³/mol. The zero-order valence-electron chi connectivity index (χ0n) is 11.9. The number of rotatable bonds is 1. The highest BCUT2D eigenvalue weighted by Crippen LogP contribution is 2.53. The third-order valence-electron chi connectivity index (χ3n) is 5.23. The normalized spacial score (nSPS) is 40.4. The molecule has 1 saturated carbocycles. The summed E-state index contributed by atoms with van der Waals surface area (Å²) in [5, 5.41) is 0. The summed E-state index contributed by atoms with van der Waals surface area (Å²) < 4.78 is 0. The van der Waals surface area contributed by atoms with E-state index in [-0.39, 0.29) is 5.92 Å². The van der Waals surface area contributed by atoms with Crippen LogP contribution in [0.15, 0.2) is 11.6 Å². The van der Waals surface area contributed by atoms with Crippen molar-refractivity contribution in [1.82, 2.24) is 0 Å². The lowest BCUT2D eigenvalue weighted by atomic mass is 9.54. The average Bonchev–Trinajstić information content (AvgIpc) is 2.20. The van der Waals surface area contributed by atoms with Gasteiger partial charge in [0.15, 0.2) is 0 Å². The first-order valence-electron chi connectivity index (χ1n) is 7.05. The first-order chi connectivity index (χ1) is 7.84. The van der Waals surface area contributed by atoms with Gasteiger partial charge in [-0.25, -0.2) is 0 Å². The van der Waals surface area contributed by atoms with E-state index < -0.39 is 0 Å². The van der Waals surface area contributed by atoms with E-state index in [1.165, 1.54) is 19.3 Å². The molecule has 0 N–H and O–H groups in total. The Morgan fingerprint density at radius 2 is 2.00 bits per heavy atom. The molecule has 4 unspecified atom stereocenters. The fourth-order valence-corrected chi connectivity index (χ4v) is 4.19. The van der Waals surface area contributed by atoms with E-state index >= 15 is 0 Å². The van der Waals surface area contributed by atoms with Crippen molar-refractivity contribution in [3.8, 4) is 0 Å². The predicted octanol–water partition coefficient (Wildman–Crippen LogP) is 4.23. The van der Waals surface area contributed by atoms with Crippen LogP contribution in [0.25, 0.3) is 0 Å². The second-order valence-electron chi connectivity index (χ2n) is 6.92. The van der Waals surface area contributed by atoms with Gasteiger partial charge in [0.2, 0.25) is 0 Å². The number of fused-ring (bicyclic) bond motifs is 1. The van der Waals surface area contributed by atoms with Gasteiger partial charge in [0.1, 0.15) is 5.78 Å². The van der Waals surface area contributed by atoms with Gasteiger partial charge in [-0.3, -0.25) is 4.79 Å². The van der Waals surface area contributed by atoms with Gasteiger partial charge in [-0.15, -0.1) is 0 Å². The monoisotopic (exact) mass is 234 g/mol. The molecule has 2 aliphatic carbocycles. The lowest BCUT2D eigenvalue weighted by Crippen LogP contribution is -2.45. The van der Waals surface area contributed by atoms with Crippen molar-refractivity contribution in [2.45, 2.75) is 53.9 Å². The van der Waals surface area contributed by atoms with Crippen LogP contribution in [0, 0.1) is 29.1 Å². The van der Waals surface area contributed by atoms with Crippen LogP contribution >= 0.6 is 0 Å². The summed E-state index contributed by atoms with van der Waals surface area (Å²) >= 11 is 0. The summed E-state index contributed by atoms with van der Waals surface area (Å²) in [5.74, 6) is 2.21. The van der Waals surface area contributed by atoms with Crippen molar-refractivity contribution in [2.75, 3.05) is 0 Å². The molecular formula is C16H26O. The van der Waals surface area contributed by atoms with Crippen LogP contribution in [0.4, 0.5) is 0 Å². The third kappa shape index (κ3) is 2.09.